The Morgan fingerprint density at radius 1 is 1.25 bits per heavy atom. The molecule has 0 aliphatic carbocycles. The van der Waals surface area contributed by atoms with E-state index in [1.54, 1.807) is 25.7 Å². The Kier molecular flexibility index (Phi) is 7.79. The highest BCUT2D eigenvalue weighted by Crippen LogP contribution is 2.21. The van der Waals surface area contributed by atoms with Gasteiger partial charge in [0.05, 0.1) is 12.7 Å². The molecule has 1 unspecified atom stereocenters. The van der Waals surface area contributed by atoms with Crippen LogP contribution in [0.15, 0.2) is 0 Å². The minimum atomic E-state index is -0.647. The molecule has 7 heteroatoms. The Bertz CT molecular complexity index is 412. The number of ether oxygens (including phenoxy) is 2. The number of nitrogens with zero attached hydrogens (tertiary/aromatic N) is 1. The molecule has 1 aliphatic heterocycles. The first kappa shape index (κ1) is 20.5. The maximum atomic E-state index is 11.9. The van der Waals surface area contributed by atoms with E-state index in [0.29, 0.717) is 38.5 Å². The van der Waals surface area contributed by atoms with Crippen molar-refractivity contribution in [3.8, 4) is 0 Å². The van der Waals surface area contributed by atoms with Crippen molar-refractivity contribution in [1.82, 2.24) is 10.2 Å². The van der Waals surface area contributed by atoms with Crippen molar-refractivity contribution in [2.24, 2.45) is 11.8 Å². The molecule has 0 aromatic rings. The average molecular weight is 344 g/mol. The zero-order valence-corrected chi connectivity index (χ0v) is 15.5. The zero-order chi connectivity index (χ0) is 18.3. The molecule has 0 aromatic heterocycles. The fraction of sp³-hybridized carbons (Fsp3) is 0.882. The number of aliphatic hydroxyl groups is 1. The van der Waals surface area contributed by atoms with E-state index in [0.717, 1.165) is 0 Å². The van der Waals surface area contributed by atoms with Gasteiger partial charge >= 0.3 is 12.2 Å². The smallest absolute Gasteiger partial charge is 0.409 e. The van der Waals surface area contributed by atoms with Gasteiger partial charge in [-0.2, -0.15) is 0 Å². The number of rotatable bonds is 5. The van der Waals surface area contributed by atoms with Gasteiger partial charge in [0, 0.05) is 19.6 Å². The van der Waals surface area contributed by atoms with Crippen LogP contribution < -0.4 is 5.32 Å². The average Bonchev–Trinajstić information content (AvgIpc) is 2.48. The second kappa shape index (κ2) is 9.11. The summed E-state index contributed by atoms with van der Waals surface area (Å²) in [6, 6.07) is 0. The molecule has 2 N–H and O–H groups in total. The van der Waals surface area contributed by atoms with Crippen LogP contribution in [0.25, 0.3) is 0 Å². The summed E-state index contributed by atoms with van der Waals surface area (Å²) in [7, 11) is 0. The summed E-state index contributed by atoms with van der Waals surface area (Å²) in [4.78, 5) is 25.2. The topological polar surface area (TPSA) is 88.1 Å². The van der Waals surface area contributed by atoms with Gasteiger partial charge in [-0.05, 0) is 45.4 Å². The number of carbonyl (C=O) groups is 2. The molecule has 1 fully saturated rings. The molecule has 7 nitrogen and oxygen atoms in total. The van der Waals surface area contributed by atoms with Gasteiger partial charge in [-0.15, -0.1) is 0 Å². The number of alkyl carbamates (subject to hydrolysis) is 1. The Morgan fingerprint density at radius 3 is 2.33 bits per heavy atom. The van der Waals surface area contributed by atoms with Gasteiger partial charge in [0.2, 0.25) is 0 Å². The Morgan fingerprint density at radius 2 is 1.83 bits per heavy atom. The third kappa shape index (κ3) is 7.86. The first-order chi connectivity index (χ1) is 11.1. The van der Waals surface area contributed by atoms with Gasteiger partial charge in [0.15, 0.2) is 0 Å². The van der Waals surface area contributed by atoms with E-state index in [2.05, 4.69) is 5.32 Å². The fourth-order valence-corrected chi connectivity index (χ4v) is 2.46. The van der Waals surface area contributed by atoms with Crippen LogP contribution >= 0.6 is 0 Å². The minimum absolute atomic E-state index is 0.0501. The lowest BCUT2D eigenvalue weighted by atomic mass is 9.91. The molecule has 1 rings (SSSR count). The Hall–Kier alpha value is -1.50. The molecule has 0 bridgehead atoms. The fourth-order valence-electron chi connectivity index (χ4n) is 2.46. The number of likely N-dealkylation sites (tertiary alicyclic amines) is 1. The van der Waals surface area contributed by atoms with E-state index in [9.17, 15) is 14.7 Å². The molecule has 1 aliphatic rings. The van der Waals surface area contributed by atoms with Crippen molar-refractivity contribution in [3.05, 3.63) is 0 Å². The maximum Gasteiger partial charge on any atom is 0.409 e. The number of piperidine rings is 1. The van der Waals surface area contributed by atoms with E-state index in [1.165, 1.54) is 0 Å². The van der Waals surface area contributed by atoms with Crippen molar-refractivity contribution in [2.45, 2.75) is 59.2 Å². The molecular weight excluding hydrogens is 312 g/mol. The summed E-state index contributed by atoms with van der Waals surface area (Å²) in [6.07, 6.45) is -0.0897. The lowest BCUT2D eigenvalue weighted by Gasteiger charge is -2.33. The highest BCUT2D eigenvalue weighted by atomic mass is 16.6. The normalized spacial score (nSPS) is 17.5. The predicted molar refractivity (Wildman–Crippen MR) is 90.7 cm³/mol. The van der Waals surface area contributed by atoms with Crippen molar-refractivity contribution in [1.29, 1.82) is 0 Å². The third-order valence-electron chi connectivity index (χ3n) is 3.74. The second-order valence-electron chi connectivity index (χ2n) is 7.75. The molecule has 0 spiro atoms. The quantitative estimate of drug-likeness (QED) is 0.799. The van der Waals surface area contributed by atoms with Crippen LogP contribution in [0, 0.1) is 11.8 Å². The largest absolute Gasteiger partial charge is 0.449 e. The predicted octanol–water partition coefficient (Wildman–Crippen LogP) is 2.38. The van der Waals surface area contributed by atoms with Crippen LogP contribution in [-0.4, -0.2) is 60.1 Å². The summed E-state index contributed by atoms with van der Waals surface area (Å²) in [6.45, 7) is 11.0. The molecule has 1 atom stereocenters. The van der Waals surface area contributed by atoms with Gasteiger partial charge in [0.1, 0.15) is 5.60 Å². The van der Waals surface area contributed by atoms with E-state index < -0.39 is 17.8 Å². The van der Waals surface area contributed by atoms with Crippen LogP contribution in [0.2, 0.25) is 0 Å². The third-order valence-corrected chi connectivity index (χ3v) is 3.74. The van der Waals surface area contributed by atoms with Crippen LogP contribution in [0.3, 0.4) is 0 Å². The summed E-state index contributed by atoms with van der Waals surface area (Å²) in [5, 5.41) is 12.8. The molecule has 2 amide bonds. The van der Waals surface area contributed by atoms with Crippen molar-refractivity contribution in [3.63, 3.8) is 0 Å². The van der Waals surface area contributed by atoms with E-state index in [4.69, 9.17) is 9.47 Å². The minimum Gasteiger partial charge on any atom is -0.449 e. The van der Waals surface area contributed by atoms with E-state index in [1.807, 2.05) is 13.8 Å². The lowest BCUT2D eigenvalue weighted by Crippen LogP contribution is -2.45. The maximum absolute atomic E-state index is 11.9. The van der Waals surface area contributed by atoms with Crippen LogP contribution in [-0.2, 0) is 9.47 Å². The number of amides is 2. The van der Waals surface area contributed by atoms with Gasteiger partial charge in [-0.25, -0.2) is 9.59 Å². The van der Waals surface area contributed by atoms with Gasteiger partial charge in [-0.3, -0.25) is 0 Å². The van der Waals surface area contributed by atoms with Crippen LogP contribution in [0.5, 0.6) is 0 Å². The Balaban J connectivity index is 2.29. The van der Waals surface area contributed by atoms with E-state index >= 15 is 0 Å². The van der Waals surface area contributed by atoms with Crippen molar-refractivity contribution < 1.29 is 24.2 Å². The van der Waals surface area contributed by atoms with Crippen molar-refractivity contribution >= 4 is 12.2 Å². The highest BCUT2D eigenvalue weighted by molar-refractivity contribution is 5.68. The lowest BCUT2D eigenvalue weighted by molar-refractivity contribution is 0.0337. The standard InChI is InChI=1S/C17H32N2O5/c1-12(2)11-23-16(22)19-8-6-13(7-9-19)14(20)10-18-15(21)24-17(3,4)5/h12-14,20H,6-11H2,1-5H3,(H,18,21). The van der Waals surface area contributed by atoms with Gasteiger partial charge in [-0.1, -0.05) is 13.8 Å². The zero-order valence-electron chi connectivity index (χ0n) is 15.5. The molecule has 24 heavy (non-hydrogen) atoms. The monoisotopic (exact) mass is 344 g/mol. The molecule has 140 valence electrons. The summed E-state index contributed by atoms with van der Waals surface area (Å²) < 4.78 is 10.4. The number of carbonyl (C=O) groups excluding carboxylic acids is 2. The first-order valence-electron chi connectivity index (χ1n) is 8.65. The number of aliphatic hydroxyl groups excluding tert-OH is 1. The molecule has 1 heterocycles. The van der Waals surface area contributed by atoms with Crippen molar-refractivity contribution in [2.75, 3.05) is 26.2 Å². The van der Waals surface area contributed by atoms with Crippen LogP contribution in [0.4, 0.5) is 9.59 Å². The summed E-state index contributed by atoms with van der Waals surface area (Å²) in [5.41, 5.74) is -0.559. The second-order valence-corrected chi connectivity index (χ2v) is 7.75. The van der Waals surface area contributed by atoms with Gasteiger partial charge in [0.25, 0.3) is 0 Å². The van der Waals surface area contributed by atoms with Gasteiger partial charge < -0.3 is 24.8 Å². The SMILES string of the molecule is CC(C)COC(=O)N1CCC(C(O)CNC(=O)OC(C)(C)C)CC1. The molecule has 0 aromatic carbocycles. The first-order valence-corrected chi connectivity index (χ1v) is 8.65. The van der Waals surface area contributed by atoms with Crippen LogP contribution in [0.1, 0.15) is 47.5 Å². The summed E-state index contributed by atoms with van der Waals surface area (Å²) >= 11 is 0. The highest BCUT2D eigenvalue weighted by Gasteiger charge is 2.28. The van der Waals surface area contributed by atoms with E-state index in [-0.39, 0.29) is 18.6 Å². The number of hydrogen-bond acceptors (Lipinski definition) is 5. The Labute approximate surface area is 144 Å². The molecule has 0 saturated carbocycles. The molecule has 1 saturated heterocycles. The summed E-state index contributed by atoms with van der Waals surface area (Å²) in [5.74, 6) is 0.362. The molecule has 0 radical (unpaired) electrons. The number of nitrogens with one attached hydrogen (secondary N) is 1. The number of hydrogen-bond donors (Lipinski definition) is 2. The molecular formula is C17H32N2O5.